The first-order valence-corrected chi connectivity index (χ1v) is 8.34. The molecule has 1 fully saturated rings. The molecule has 25 heavy (non-hydrogen) atoms. The van der Waals surface area contributed by atoms with Gasteiger partial charge in [0, 0.05) is 25.7 Å². The van der Waals surface area contributed by atoms with Gasteiger partial charge in [-0.3, -0.25) is 9.78 Å². The molecule has 0 aliphatic carbocycles. The summed E-state index contributed by atoms with van der Waals surface area (Å²) in [7, 11) is 0. The molecule has 4 N–H and O–H groups in total. The van der Waals surface area contributed by atoms with Gasteiger partial charge in [0.25, 0.3) is 5.56 Å². The van der Waals surface area contributed by atoms with Gasteiger partial charge < -0.3 is 20.7 Å². The van der Waals surface area contributed by atoms with Crippen LogP contribution >= 0.6 is 12.2 Å². The topological polar surface area (TPSA) is 121 Å². The van der Waals surface area contributed by atoms with Gasteiger partial charge in [0.2, 0.25) is 0 Å². The van der Waals surface area contributed by atoms with Crippen molar-refractivity contribution in [2.75, 3.05) is 25.0 Å². The fourth-order valence-corrected chi connectivity index (χ4v) is 2.70. The van der Waals surface area contributed by atoms with Gasteiger partial charge in [0.05, 0.1) is 12.0 Å². The average Bonchev–Trinajstić information content (AvgIpc) is 3.01. The lowest BCUT2D eigenvalue weighted by molar-refractivity contribution is -0.139. The van der Waals surface area contributed by atoms with E-state index >= 15 is 0 Å². The fraction of sp³-hybridized carbons (Fsp3) is 0.400. The van der Waals surface area contributed by atoms with Crippen molar-refractivity contribution in [2.24, 2.45) is 0 Å². The molecule has 0 bridgehead atoms. The van der Waals surface area contributed by atoms with E-state index in [-0.39, 0.29) is 17.6 Å². The highest BCUT2D eigenvalue weighted by Crippen LogP contribution is 2.13. The van der Waals surface area contributed by atoms with Crippen molar-refractivity contribution in [1.29, 1.82) is 0 Å². The third kappa shape index (κ3) is 4.21. The van der Waals surface area contributed by atoms with Gasteiger partial charge in [-0.25, -0.2) is 9.89 Å². The maximum atomic E-state index is 11.7. The van der Waals surface area contributed by atoms with Crippen molar-refractivity contribution in [1.82, 2.24) is 25.8 Å². The lowest BCUT2D eigenvalue weighted by atomic mass is 10.2. The number of hydrogen-bond acceptors (Lipinski definition) is 7. The highest BCUT2D eigenvalue weighted by atomic mass is 32.1. The number of aromatic amines is 1. The Morgan fingerprint density at radius 1 is 1.40 bits per heavy atom. The normalized spacial score (nSPS) is 16.5. The number of carbonyl (C=O) groups excluding carboxylic acids is 1. The predicted octanol–water partition coefficient (Wildman–Crippen LogP) is -0.100. The first kappa shape index (κ1) is 17.1. The SMILES string of the molecule is O=C1OCCC1NC(=S)NCCCNc1n[nH]c(=O)c2cccnc12. The largest absolute Gasteiger partial charge is 0.464 e. The number of hydrogen-bond donors (Lipinski definition) is 4. The lowest BCUT2D eigenvalue weighted by Gasteiger charge is -2.13. The molecule has 1 aliphatic rings. The van der Waals surface area contributed by atoms with Crippen LogP contribution in [0.2, 0.25) is 0 Å². The Hall–Kier alpha value is -2.75. The Morgan fingerprint density at radius 2 is 2.28 bits per heavy atom. The Bertz CT molecular complexity index is 839. The molecule has 1 atom stereocenters. The molecular weight excluding hydrogens is 344 g/mol. The summed E-state index contributed by atoms with van der Waals surface area (Å²) in [5.74, 6) is 0.263. The second-order valence-electron chi connectivity index (χ2n) is 5.49. The number of H-pyrrole nitrogens is 1. The third-order valence-electron chi connectivity index (χ3n) is 3.72. The number of thiocarbonyl (C=S) groups is 1. The minimum Gasteiger partial charge on any atom is -0.464 e. The summed E-state index contributed by atoms with van der Waals surface area (Å²) in [4.78, 5) is 27.2. The monoisotopic (exact) mass is 362 g/mol. The molecule has 3 rings (SSSR count). The number of nitrogens with zero attached hydrogens (tertiary/aromatic N) is 2. The average molecular weight is 362 g/mol. The second kappa shape index (κ2) is 7.88. The first-order valence-electron chi connectivity index (χ1n) is 7.93. The van der Waals surface area contributed by atoms with Gasteiger partial charge in [-0.15, -0.1) is 0 Å². The highest BCUT2D eigenvalue weighted by molar-refractivity contribution is 7.80. The Balaban J connectivity index is 1.43. The van der Waals surface area contributed by atoms with Crippen LogP contribution in [-0.2, 0) is 9.53 Å². The van der Waals surface area contributed by atoms with Gasteiger partial charge >= 0.3 is 5.97 Å². The van der Waals surface area contributed by atoms with E-state index in [1.165, 1.54) is 0 Å². The molecule has 0 radical (unpaired) electrons. The number of esters is 1. The summed E-state index contributed by atoms with van der Waals surface area (Å²) in [6, 6.07) is 3.05. The summed E-state index contributed by atoms with van der Waals surface area (Å²) in [6.07, 6.45) is 3.00. The number of anilines is 1. The number of cyclic esters (lactones) is 1. The van der Waals surface area contributed by atoms with E-state index in [9.17, 15) is 9.59 Å². The molecule has 3 heterocycles. The van der Waals surface area contributed by atoms with Gasteiger partial charge in [-0.1, -0.05) is 0 Å². The number of carbonyl (C=O) groups is 1. The number of fused-ring (bicyclic) bond motifs is 1. The van der Waals surface area contributed by atoms with Crippen LogP contribution in [0.15, 0.2) is 23.1 Å². The number of pyridine rings is 1. The molecule has 1 unspecified atom stereocenters. The molecule has 2 aromatic rings. The van der Waals surface area contributed by atoms with Crippen LogP contribution in [0.1, 0.15) is 12.8 Å². The van der Waals surface area contributed by atoms with E-state index < -0.39 is 0 Å². The van der Waals surface area contributed by atoms with Gasteiger partial charge in [-0.2, -0.15) is 5.10 Å². The van der Waals surface area contributed by atoms with Crippen molar-refractivity contribution in [3.05, 3.63) is 28.7 Å². The van der Waals surface area contributed by atoms with Crippen LogP contribution in [0.3, 0.4) is 0 Å². The molecule has 0 amide bonds. The maximum absolute atomic E-state index is 11.7. The molecule has 1 aliphatic heterocycles. The minimum absolute atomic E-state index is 0.267. The van der Waals surface area contributed by atoms with Gasteiger partial charge in [0.1, 0.15) is 11.6 Å². The second-order valence-corrected chi connectivity index (χ2v) is 5.90. The van der Waals surface area contributed by atoms with Gasteiger partial charge in [0.15, 0.2) is 10.9 Å². The van der Waals surface area contributed by atoms with Crippen LogP contribution in [0, 0.1) is 0 Å². The van der Waals surface area contributed by atoms with Gasteiger partial charge in [-0.05, 0) is 30.8 Å². The molecule has 0 spiro atoms. The fourth-order valence-electron chi connectivity index (χ4n) is 2.45. The van der Waals surface area contributed by atoms with Crippen LogP contribution in [0.25, 0.3) is 10.9 Å². The molecule has 0 saturated carbocycles. The third-order valence-corrected chi connectivity index (χ3v) is 3.98. The van der Waals surface area contributed by atoms with Crippen LogP contribution < -0.4 is 21.5 Å². The Morgan fingerprint density at radius 3 is 3.08 bits per heavy atom. The number of ether oxygens (including phenoxy) is 1. The van der Waals surface area contributed by atoms with Crippen molar-refractivity contribution >= 4 is 40.0 Å². The van der Waals surface area contributed by atoms with Crippen molar-refractivity contribution < 1.29 is 9.53 Å². The summed E-state index contributed by atoms with van der Waals surface area (Å²) in [5.41, 5.74) is 0.272. The Kier molecular flexibility index (Phi) is 5.39. The molecular formula is C15H18N6O3S. The van der Waals surface area contributed by atoms with Crippen LogP contribution in [0.5, 0.6) is 0 Å². The number of aromatic nitrogens is 3. The summed E-state index contributed by atoms with van der Waals surface area (Å²) < 4.78 is 4.86. The minimum atomic E-state index is -0.360. The zero-order valence-electron chi connectivity index (χ0n) is 13.4. The summed E-state index contributed by atoms with van der Waals surface area (Å²) in [6.45, 7) is 1.66. The zero-order valence-corrected chi connectivity index (χ0v) is 14.2. The molecule has 1 saturated heterocycles. The van der Waals surface area contributed by atoms with Crippen molar-refractivity contribution in [3.8, 4) is 0 Å². The molecule has 0 aromatic carbocycles. The van der Waals surface area contributed by atoms with E-state index in [1.54, 1.807) is 18.3 Å². The zero-order chi connectivity index (χ0) is 17.6. The van der Waals surface area contributed by atoms with E-state index in [0.29, 0.717) is 48.0 Å². The van der Waals surface area contributed by atoms with Crippen LogP contribution in [0.4, 0.5) is 5.82 Å². The van der Waals surface area contributed by atoms with Crippen LogP contribution in [-0.4, -0.2) is 52.0 Å². The maximum Gasteiger partial charge on any atom is 0.328 e. The van der Waals surface area contributed by atoms with E-state index in [0.717, 1.165) is 6.42 Å². The standard InChI is InChI=1S/C15H18N6O3S/c22-13-9-3-1-5-16-11(9)12(20-21-13)17-6-2-7-18-15(25)19-10-4-8-24-14(10)23/h1,3,5,10H,2,4,6-8H2,(H,17,20)(H,21,22)(H2,18,19,25). The molecule has 10 heteroatoms. The quantitative estimate of drug-likeness (QED) is 0.317. The molecule has 132 valence electrons. The van der Waals surface area contributed by atoms with Crippen molar-refractivity contribution in [3.63, 3.8) is 0 Å². The smallest absolute Gasteiger partial charge is 0.328 e. The number of rotatable bonds is 6. The molecule has 9 nitrogen and oxygen atoms in total. The Labute approximate surface area is 148 Å². The first-order chi connectivity index (χ1) is 12.1. The molecule has 2 aromatic heterocycles. The van der Waals surface area contributed by atoms with Crippen molar-refractivity contribution in [2.45, 2.75) is 18.9 Å². The predicted molar refractivity (Wildman–Crippen MR) is 96.4 cm³/mol. The van der Waals surface area contributed by atoms with E-state index in [4.69, 9.17) is 17.0 Å². The lowest BCUT2D eigenvalue weighted by Crippen LogP contribution is -2.44. The summed E-state index contributed by atoms with van der Waals surface area (Å²) >= 11 is 5.15. The summed E-state index contributed by atoms with van der Waals surface area (Å²) in [5, 5.41) is 16.5. The van der Waals surface area contributed by atoms with E-state index in [2.05, 4.69) is 31.1 Å². The highest BCUT2D eigenvalue weighted by Gasteiger charge is 2.26. The number of nitrogens with one attached hydrogen (secondary N) is 4. The van der Waals surface area contributed by atoms with E-state index in [1.807, 2.05) is 0 Å².